The zero-order chi connectivity index (χ0) is 33.4. The lowest BCUT2D eigenvalue weighted by Crippen LogP contribution is -2.34. The van der Waals surface area contributed by atoms with E-state index in [1.54, 1.807) is 0 Å². The zero-order valence-corrected chi connectivity index (χ0v) is 33.1. The standard InChI is InChI=1S/C41H51Br2ClO/c1-23-24(2)26(4)37(43)36(25(23)3)29-17-28(30-18-31-32(19-34(30)42)40(10,11)15-14-39(31,8)9)21-41(45,22-29)33-16-27(12-13-35(33)44)20-38(5,6)7/h12-13,16,18-19,21,29,45H,14-15,17,20,22H2,1-11H3. The minimum absolute atomic E-state index is 0.0840. The zero-order valence-electron chi connectivity index (χ0n) is 29.2. The second kappa shape index (κ2) is 11.9. The lowest BCUT2D eigenvalue weighted by molar-refractivity contribution is 0.0670. The number of aliphatic hydroxyl groups is 1. The van der Waals surface area contributed by atoms with E-state index in [0.717, 1.165) is 33.8 Å². The van der Waals surface area contributed by atoms with Crippen molar-refractivity contribution in [3.63, 3.8) is 0 Å². The molecule has 1 N–H and O–H groups in total. The Kier molecular flexibility index (Phi) is 9.27. The molecule has 0 radical (unpaired) electrons. The van der Waals surface area contributed by atoms with Gasteiger partial charge in [0.2, 0.25) is 0 Å². The van der Waals surface area contributed by atoms with Crippen LogP contribution in [0.3, 0.4) is 0 Å². The number of benzene rings is 3. The van der Waals surface area contributed by atoms with Crippen LogP contribution in [0.1, 0.15) is 136 Å². The van der Waals surface area contributed by atoms with Crippen molar-refractivity contribution in [2.45, 2.75) is 131 Å². The maximum absolute atomic E-state index is 12.9. The van der Waals surface area contributed by atoms with Crippen LogP contribution in [0.2, 0.25) is 5.02 Å². The van der Waals surface area contributed by atoms with E-state index >= 15 is 0 Å². The molecule has 0 saturated heterocycles. The van der Waals surface area contributed by atoms with Crippen LogP contribution in [0, 0.1) is 33.1 Å². The van der Waals surface area contributed by atoms with E-state index in [1.807, 2.05) is 6.07 Å². The van der Waals surface area contributed by atoms with E-state index in [2.05, 4.69) is 138 Å². The van der Waals surface area contributed by atoms with Crippen LogP contribution in [0.5, 0.6) is 0 Å². The average Bonchev–Trinajstić information content (AvgIpc) is 2.93. The highest BCUT2D eigenvalue weighted by molar-refractivity contribution is 9.10. The summed E-state index contributed by atoms with van der Waals surface area (Å²) in [5.74, 6) is 0.0945. The molecule has 0 heterocycles. The molecule has 1 nitrogen and oxygen atoms in total. The summed E-state index contributed by atoms with van der Waals surface area (Å²) in [6, 6.07) is 11.1. The summed E-state index contributed by atoms with van der Waals surface area (Å²) in [5.41, 5.74) is 12.8. The molecule has 0 aliphatic heterocycles. The van der Waals surface area contributed by atoms with Gasteiger partial charge in [-0.3, -0.25) is 0 Å². The first-order valence-corrected chi connectivity index (χ1v) is 18.5. The maximum atomic E-state index is 12.9. The van der Waals surface area contributed by atoms with Crippen molar-refractivity contribution in [1.82, 2.24) is 0 Å². The highest BCUT2D eigenvalue weighted by Gasteiger charge is 2.42. The molecule has 45 heavy (non-hydrogen) atoms. The molecule has 0 amide bonds. The molecule has 2 aliphatic carbocycles. The van der Waals surface area contributed by atoms with Gasteiger partial charge in [-0.15, -0.1) is 0 Å². The molecular weight excluding hydrogens is 704 g/mol. The predicted octanol–water partition coefficient (Wildman–Crippen LogP) is 12.9. The molecule has 242 valence electrons. The van der Waals surface area contributed by atoms with E-state index in [0.29, 0.717) is 11.4 Å². The third kappa shape index (κ3) is 6.55. The minimum Gasteiger partial charge on any atom is -0.381 e. The highest BCUT2D eigenvalue weighted by atomic mass is 79.9. The summed E-state index contributed by atoms with van der Waals surface area (Å²) < 4.78 is 2.26. The molecule has 3 aromatic carbocycles. The van der Waals surface area contributed by atoms with Gasteiger partial charge in [-0.05, 0) is 162 Å². The Morgan fingerprint density at radius 2 is 1.40 bits per heavy atom. The Bertz CT molecular complexity index is 1670. The van der Waals surface area contributed by atoms with Gasteiger partial charge in [0.05, 0.1) is 0 Å². The van der Waals surface area contributed by atoms with Gasteiger partial charge in [-0.1, -0.05) is 104 Å². The Morgan fingerprint density at radius 3 is 2.00 bits per heavy atom. The fourth-order valence-electron chi connectivity index (χ4n) is 7.94. The molecule has 4 heteroatoms. The molecule has 2 atom stereocenters. The Labute approximate surface area is 294 Å². The van der Waals surface area contributed by atoms with Gasteiger partial charge in [-0.2, -0.15) is 0 Å². The second-order valence-electron chi connectivity index (χ2n) is 16.6. The van der Waals surface area contributed by atoms with Gasteiger partial charge in [-0.25, -0.2) is 0 Å². The summed E-state index contributed by atoms with van der Waals surface area (Å²) in [7, 11) is 0. The first-order valence-electron chi connectivity index (χ1n) is 16.5. The van der Waals surface area contributed by atoms with Crippen LogP contribution in [0.25, 0.3) is 5.57 Å². The van der Waals surface area contributed by atoms with Gasteiger partial charge in [0.1, 0.15) is 5.60 Å². The molecule has 0 saturated carbocycles. The number of rotatable bonds is 4. The third-order valence-electron chi connectivity index (χ3n) is 11.0. The summed E-state index contributed by atoms with van der Waals surface area (Å²) in [6.07, 6.45) is 6.78. The maximum Gasteiger partial charge on any atom is 0.110 e. The fourth-order valence-corrected chi connectivity index (χ4v) is 9.74. The second-order valence-corrected chi connectivity index (χ2v) is 18.7. The summed E-state index contributed by atoms with van der Waals surface area (Å²) >= 11 is 15.1. The third-order valence-corrected chi connectivity index (χ3v) is 13.0. The number of halogens is 3. The van der Waals surface area contributed by atoms with Crippen LogP contribution in [-0.2, 0) is 22.9 Å². The van der Waals surface area contributed by atoms with Crippen molar-refractivity contribution in [1.29, 1.82) is 0 Å². The van der Waals surface area contributed by atoms with Crippen molar-refractivity contribution in [2.24, 2.45) is 5.41 Å². The lowest BCUT2D eigenvalue weighted by atomic mass is 9.62. The molecule has 0 spiro atoms. The molecule has 5 rings (SSSR count). The van der Waals surface area contributed by atoms with Gasteiger partial charge in [0.15, 0.2) is 0 Å². The lowest BCUT2D eigenvalue weighted by Gasteiger charge is -2.43. The SMILES string of the molecule is Cc1c(C)c(C)c(C2CC(c3cc4c(cc3Br)C(C)(C)CCC4(C)C)=CC(O)(c3cc(CC(C)(C)C)ccc3Cl)C2)c(Br)c1C. The molecule has 0 aromatic heterocycles. The van der Waals surface area contributed by atoms with Crippen LogP contribution >= 0.6 is 43.5 Å². The van der Waals surface area contributed by atoms with E-state index in [1.165, 1.54) is 62.1 Å². The normalized spacial score (nSPS) is 22.6. The van der Waals surface area contributed by atoms with Crippen LogP contribution < -0.4 is 0 Å². The quantitative estimate of drug-likeness (QED) is 0.281. The molecule has 0 bridgehead atoms. The van der Waals surface area contributed by atoms with E-state index in [9.17, 15) is 5.11 Å². The Morgan fingerprint density at radius 1 is 0.822 bits per heavy atom. The van der Waals surface area contributed by atoms with Gasteiger partial charge in [0.25, 0.3) is 0 Å². The van der Waals surface area contributed by atoms with E-state index in [4.69, 9.17) is 11.6 Å². The predicted molar refractivity (Wildman–Crippen MR) is 201 cm³/mol. The Balaban J connectivity index is 1.76. The first-order chi connectivity index (χ1) is 20.6. The topological polar surface area (TPSA) is 20.2 Å². The van der Waals surface area contributed by atoms with E-state index in [-0.39, 0.29) is 22.2 Å². The van der Waals surface area contributed by atoms with Crippen molar-refractivity contribution in [3.05, 3.63) is 106 Å². The van der Waals surface area contributed by atoms with Crippen molar-refractivity contribution in [3.8, 4) is 0 Å². The largest absolute Gasteiger partial charge is 0.381 e. The molecule has 2 aliphatic rings. The first kappa shape index (κ1) is 34.9. The molecule has 0 fully saturated rings. The summed E-state index contributed by atoms with van der Waals surface area (Å²) in [4.78, 5) is 0. The highest BCUT2D eigenvalue weighted by Crippen LogP contribution is 2.53. The van der Waals surface area contributed by atoms with Crippen LogP contribution in [0.15, 0.2) is 45.4 Å². The summed E-state index contributed by atoms with van der Waals surface area (Å²) in [5, 5.41) is 13.5. The Hall–Kier alpha value is -1.39. The minimum atomic E-state index is -1.23. The van der Waals surface area contributed by atoms with Crippen molar-refractivity contribution >= 4 is 49.0 Å². The summed E-state index contributed by atoms with van der Waals surface area (Å²) in [6.45, 7) is 25.2. The van der Waals surface area contributed by atoms with Crippen LogP contribution in [0.4, 0.5) is 0 Å². The molecule has 2 unspecified atom stereocenters. The molecular formula is C41H51Br2ClO. The monoisotopic (exact) mass is 752 g/mol. The smallest absolute Gasteiger partial charge is 0.110 e. The van der Waals surface area contributed by atoms with Gasteiger partial charge in [0, 0.05) is 19.5 Å². The van der Waals surface area contributed by atoms with E-state index < -0.39 is 5.60 Å². The van der Waals surface area contributed by atoms with Gasteiger partial charge >= 0.3 is 0 Å². The number of fused-ring (bicyclic) bond motifs is 1. The van der Waals surface area contributed by atoms with Crippen molar-refractivity contribution in [2.75, 3.05) is 0 Å². The van der Waals surface area contributed by atoms with Crippen LogP contribution in [-0.4, -0.2) is 5.11 Å². The number of allylic oxidation sites excluding steroid dienone is 1. The van der Waals surface area contributed by atoms with Gasteiger partial charge < -0.3 is 5.11 Å². The average molecular weight is 755 g/mol. The van der Waals surface area contributed by atoms with Crippen molar-refractivity contribution < 1.29 is 5.11 Å². The molecule has 3 aromatic rings. The number of hydrogen-bond donors (Lipinski definition) is 1. The number of hydrogen-bond acceptors (Lipinski definition) is 1. The fraction of sp³-hybridized carbons (Fsp3) is 0.512.